The SMILES string of the molecule is CCOC(=O)c1ccc(N)cc1OC1CCC(CC)CC1. The third kappa shape index (κ3) is 4.13. The second-order valence-corrected chi connectivity index (χ2v) is 5.64. The molecular formula is C17H25NO3. The van der Waals surface area contributed by atoms with Crippen molar-refractivity contribution in [2.24, 2.45) is 5.92 Å². The molecule has 1 aliphatic rings. The summed E-state index contributed by atoms with van der Waals surface area (Å²) in [6.45, 7) is 4.38. The molecule has 116 valence electrons. The van der Waals surface area contributed by atoms with Gasteiger partial charge in [0.2, 0.25) is 0 Å². The highest BCUT2D eigenvalue weighted by molar-refractivity contribution is 5.93. The fraction of sp³-hybridized carbons (Fsp3) is 0.588. The van der Waals surface area contributed by atoms with Crippen LogP contribution in [0.25, 0.3) is 0 Å². The first kappa shape index (κ1) is 15.7. The van der Waals surface area contributed by atoms with Crippen molar-refractivity contribution in [1.82, 2.24) is 0 Å². The number of esters is 1. The number of benzene rings is 1. The Kier molecular flexibility index (Phi) is 5.48. The summed E-state index contributed by atoms with van der Waals surface area (Å²) in [6, 6.07) is 5.10. The highest BCUT2D eigenvalue weighted by Gasteiger charge is 2.23. The minimum absolute atomic E-state index is 0.169. The van der Waals surface area contributed by atoms with Gasteiger partial charge < -0.3 is 15.2 Å². The number of nitrogens with two attached hydrogens (primary N) is 1. The number of hydrogen-bond donors (Lipinski definition) is 1. The molecule has 1 saturated carbocycles. The molecule has 0 atom stereocenters. The molecular weight excluding hydrogens is 266 g/mol. The van der Waals surface area contributed by atoms with Crippen molar-refractivity contribution in [2.45, 2.75) is 52.1 Å². The third-order valence-corrected chi connectivity index (χ3v) is 4.17. The quantitative estimate of drug-likeness (QED) is 0.662. The molecule has 0 aromatic heterocycles. The number of ether oxygens (including phenoxy) is 2. The van der Waals surface area contributed by atoms with Gasteiger partial charge in [0.1, 0.15) is 11.3 Å². The predicted molar refractivity (Wildman–Crippen MR) is 83.5 cm³/mol. The average molecular weight is 291 g/mol. The zero-order chi connectivity index (χ0) is 15.2. The van der Waals surface area contributed by atoms with E-state index in [0.717, 1.165) is 18.8 Å². The van der Waals surface area contributed by atoms with Crippen LogP contribution in [0.2, 0.25) is 0 Å². The molecule has 0 aliphatic heterocycles. The van der Waals surface area contributed by atoms with E-state index < -0.39 is 0 Å². The number of hydrogen-bond acceptors (Lipinski definition) is 4. The first-order valence-electron chi connectivity index (χ1n) is 7.87. The summed E-state index contributed by atoms with van der Waals surface area (Å²) in [7, 11) is 0. The van der Waals surface area contributed by atoms with Gasteiger partial charge in [0.15, 0.2) is 0 Å². The average Bonchev–Trinajstić information content (AvgIpc) is 2.48. The molecule has 0 amide bonds. The molecule has 1 aromatic carbocycles. The van der Waals surface area contributed by atoms with Crippen LogP contribution in [0.5, 0.6) is 5.75 Å². The van der Waals surface area contributed by atoms with Gasteiger partial charge in [-0.15, -0.1) is 0 Å². The standard InChI is InChI=1S/C17H25NO3/c1-3-12-5-8-14(9-6-12)21-16-11-13(18)7-10-15(16)17(19)20-4-2/h7,10-12,14H,3-6,8-9,18H2,1-2H3. The Morgan fingerprint density at radius 1 is 1.24 bits per heavy atom. The molecule has 1 aromatic rings. The lowest BCUT2D eigenvalue weighted by Gasteiger charge is -2.28. The van der Waals surface area contributed by atoms with Gasteiger partial charge >= 0.3 is 5.97 Å². The maximum Gasteiger partial charge on any atom is 0.341 e. The minimum Gasteiger partial charge on any atom is -0.489 e. The third-order valence-electron chi connectivity index (χ3n) is 4.17. The number of carbonyl (C=O) groups excluding carboxylic acids is 1. The van der Waals surface area contributed by atoms with Gasteiger partial charge in [-0.25, -0.2) is 4.79 Å². The van der Waals surface area contributed by atoms with Crippen molar-refractivity contribution >= 4 is 11.7 Å². The topological polar surface area (TPSA) is 61.5 Å². The van der Waals surface area contributed by atoms with Crippen molar-refractivity contribution in [3.05, 3.63) is 23.8 Å². The maximum absolute atomic E-state index is 12.0. The second kappa shape index (κ2) is 7.34. The van der Waals surface area contributed by atoms with Crippen molar-refractivity contribution in [3.63, 3.8) is 0 Å². The fourth-order valence-corrected chi connectivity index (χ4v) is 2.85. The largest absolute Gasteiger partial charge is 0.489 e. The van der Waals surface area contributed by atoms with Gasteiger partial charge in [-0.2, -0.15) is 0 Å². The first-order valence-corrected chi connectivity index (χ1v) is 7.87. The van der Waals surface area contributed by atoms with Crippen LogP contribution in [0.3, 0.4) is 0 Å². The van der Waals surface area contributed by atoms with Crippen molar-refractivity contribution < 1.29 is 14.3 Å². The molecule has 0 heterocycles. The van der Waals surface area contributed by atoms with Crippen molar-refractivity contribution in [2.75, 3.05) is 12.3 Å². The first-order chi connectivity index (χ1) is 10.1. The summed E-state index contributed by atoms with van der Waals surface area (Å²) in [5.74, 6) is 1.01. The zero-order valence-electron chi connectivity index (χ0n) is 12.9. The van der Waals surface area contributed by atoms with Crippen LogP contribution in [-0.2, 0) is 4.74 Å². The highest BCUT2D eigenvalue weighted by Crippen LogP contribution is 2.31. The summed E-state index contributed by atoms with van der Waals surface area (Å²) in [5, 5.41) is 0. The number of anilines is 1. The number of nitrogen functional groups attached to an aromatic ring is 1. The van der Waals surface area contributed by atoms with Gasteiger partial charge in [-0.1, -0.05) is 13.3 Å². The molecule has 0 spiro atoms. The lowest BCUT2D eigenvalue weighted by Crippen LogP contribution is -2.24. The van der Waals surface area contributed by atoms with E-state index in [2.05, 4.69) is 6.92 Å². The highest BCUT2D eigenvalue weighted by atomic mass is 16.5. The molecule has 0 radical (unpaired) electrons. The van der Waals surface area contributed by atoms with Gasteiger partial charge in [0, 0.05) is 11.8 Å². The van der Waals surface area contributed by atoms with Crippen LogP contribution in [0.4, 0.5) is 5.69 Å². The second-order valence-electron chi connectivity index (χ2n) is 5.64. The monoisotopic (exact) mass is 291 g/mol. The number of rotatable bonds is 5. The molecule has 0 unspecified atom stereocenters. The van der Waals surface area contributed by atoms with E-state index in [1.54, 1.807) is 25.1 Å². The normalized spacial score (nSPS) is 21.8. The summed E-state index contributed by atoms with van der Waals surface area (Å²) in [4.78, 5) is 12.0. The van der Waals surface area contributed by atoms with Crippen LogP contribution in [-0.4, -0.2) is 18.7 Å². The summed E-state index contributed by atoms with van der Waals surface area (Å²) in [6.07, 6.45) is 5.86. The van der Waals surface area contributed by atoms with E-state index in [1.165, 1.54) is 19.3 Å². The minimum atomic E-state index is -0.352. The molecule has 0 bridgehead atoms. The van der Waals surface area contributed by atoms with Crippen LogP contribution < -0.4 is 10.5 Å². The molecule has 4 heteroatoms. The Balaban J connectivity index is 2.08. The van der Waals surface area contributed by atoms with Crippen LogP contribution >= 0.6 is 0 Å². The zero-order valence-corrected chi connectivity index (χ0v) is 12.9. The van der Waals surface area contributed by atoms with E-state index >= 15 is 0 Å². The summed E-state index contributed by atoms with van der Waals surface area (Å²) < 4.78 is 11.1. The lowest BCUT2D eigenvalue weighted by atomic mass is 9.86. The van der Waals surface area contributed by atoms with Crippen molar-refractivity contribution in [1.29, 1.82) is 0 Å². The molecule has 4 nitrogen and oxygen atoms in total. The number of carbonyl (C=O) groups is 1. The van der Waals surface area contributed by atoms with E-state index in [0.29, 0.717) is 23.6 Å². The van der Waals surface area contributed by atoms with Crippen LogP contribution in [0.1, 0.15) is 56.3 Å². The van der Waals surface area contributed by atoms with Gasteiger partial charge in [0.25, 0.3) is 0 Å². The summed E-state index contributed by atoms with van der Waals surface area (Å²) in [5.41, 5.74) is 6.88. The van der Waals surface area contributed by atoms with Crippen LogP contribution in [0.15, 0.2) is 18.2 Å². The maximum atomic E-state index is 12.0. The fourth-order valence-electron chi connectivity index (χ4n) is 2.85. The Hall–Kier alpha value is -1.71. The smallest absolute Gasteiger partial charge is 0.341 e. The van der Waals surface area contributed by atoms with E-state index in [-0.39, 0.29) is 12.1 Å². The molecule has 1 aliphatic carbocycles. The predicted octanol–water partition coefficient (Wildman–Crippen LogP) is 3.79. The molecule has 2 rings (SSSR count). The molecule has 21 heavy (non-hydrogen) atoms. The van der Waals surface area contributed by atoms with Gasteiger partial charge in [-0.3, -0.25) is 0 Å². The summed E-state index contributed by atoms with van der Waals surface area (Å²) >= 11 is 0. The van der Waals surface area contributed by atoms with Gasteiger partial charge in [0.05, 0.1) is 12.7 Å². The van der Waals surface area contributed by atoms with E-state index in [9.17, 15) is 4.79 Å². The van der Waals surface area contributed by atoms with E-state index in [1.807, 2.05) is 0 Å². The Bertz CT molecular complexity index is 479. The molecule has 2 N–H and O–H groups in total. The Morgan fingerprint density at radius 2 is 1.95 bits per heavy atom. The molecule has 1 fully saturated rings. The Morgan fingerprint density at radius 3 is 2.57 bits per heavy atom. The van der Waals surface area contributed by atoms with Crippen LogP contribution in [0, 0.1) is 5.92 Å². The molecule has 0 saturated heterocycles. The van der Waals surface area contributed by atoms with Crippen molar-refractivity contribution in [3.8, 4) is 5.75 Å². The lowest BCUT2D eigenvalue weighted by molar-refractivity contribution is 0.0515. The van der Waals surface area contributed by atoms with Gasteiger partial charge in [-0.05, 0) is 50.7 Å². The van der Waals surface area contributed by atoms with E-state index in [4.69, 9.17) is 15.2 Å². The Labute approximate surface area is 126 Å².